The van der Waals surface area contributed by atoms with E-state index in [-0.39, 0.29) is 35.9 Å². The van der Waals surface area contributed by atoms with Gasteiger partial charge < -0.3 is 15.4 Å². The van der Waals surface area contributed by atoms with Crippen LogP contribution in [0.25, 0.3) is 0 Å². The largest absolute Gasteiger partial charge is 0.367 e. The fourth-order valence-corrected chi connectivity index (χ4v) is 4.91. The normalized spacial score (nSPS) is 38.5. The first-order valence-electron chi connectivity index (χ1n) is 8.98. The van der Waals surface area contributed by atoms with Crippen LogP contribution in [0.4, 0.5) is 4.39 Å². The second-order valence-corrected chi connectivity index (χ2v) is 7.67. The van der Waals surface area contributed by atoms with E-state index < -0.39 is 0 Å². The highest BCUT2D eigenvalue weighted by Gasteiger charge is 2.50. The van der Waals surface area contributed by atoms with Crippen molar-refractivity contribution in [1.82, 2.24) is 4.90 Å². The van der Waals surface area contributed by atoms with Crippen LogP contribution in [0.15, 0.2) is 24.3 Å². The zero-order valence-electron chi connectivity index (χ0n) is 14.0. The second-order valence-electron chi connectivity index (χ2n) is 7.67. The summed E-state index contributed by atoms with van der Waals surface area (Å²) in [5, 5.41) is 0. The van der Waals surface area contributed by atoms with Crippen LogP contribution in [0.2, 0.25) is 0 Å². The predicted octanol–water partition coefficient (Wildman–Crippen LogP) is 2.49. The molecule has 1 aromatic carbocycles. The fraction of sp³-hybridized carbons (Fsp3) is 0.632. The van der Waals surface area contributed by atoms with Crippen molar-refractivity contribution in [2.45, 2.75) is 44.4 Å². The molecule has 130 valence electrons. The Labute approximate surface area is 142 Å². The van der Waals surface area contributed by atoms with Crippen molar-refractivity contribution < 1.29 is 13.9 Å². The van der Waals surface area contributed by atoms with E-state index in [9.17, 15) is 9.18 Å². The van der Waals surface area contributed by atoms with Crippen molar-refractivity contribution in [3.8, 4) is 0 Å². The molecule has 24 heavy (non-hydrogen) atoms. The number of morpholine rings is 1. The minimum atomic E-state index is -0.261. The Morgan fingerprint density at radius 2 is 1.92 bits per heavy atom. The summed E-state index contributed by atoms with van der Waals surface area (Å²) in [7, 11) is 0. The molecule has 6 atom stereocenters. The second kappa shape index (κ2) is 6.12. The molecular formula is C19H25FN2O2. The van der Waals surface area contributed by atoms with E-state index in [1.165, 1.54) is 18.6 Å². The van der Waals surface area contributed by atoms with Gasteiger partial charge in [0.25, 0.3) is 0 Å². The monoisotopic (exact) mass is 332 g/mol. The zero-order chi connectivity index (χ0) is 16.8. The fourth-order valence-electron chi connectivity index (χ4n) is 4.91. The maximum absolute atomic E-state index is 13.1. The highest BCUT2D eigenvalue weighted by atomic mass is 19.1. The average Bonchev–Trinajstić information content (AvgIpc) is 3.15. The van der Waals surface area contributed by atoms with E-state index in [0.717, 1.165) is 18.4 Å². The Morgan fingerprint density at radius 3 is 2.58 bits per heavy atom. The summed E-state index contributed by atoms with van der Waals surface area (Å²) < 4.78 is 19.1. The Kier molecular flexibility index (Phi) is 4.09. The molecule has 1 heterocycles. The van der Waals surface area contributed by atoms with Gasteiger partial charge in [-0.3, -0.25) is 4.79 Å². The Hall–Kier alpha value is -1.46. The van der Waals surface area contributed by atoms with E-state index in [0.29, 0.717) is 24.9 Å². The van der Waals surface area contributed by atoms with Crippen LogP contribution < -0.4 is 5.73 Å². The van der Waals surface area contributed by atoms with Gasteiger partial charge in [-0.05, 0) is 55.7 Å². The molecule has 2 aliphatic carbocycles. The number of nitrogens with zero attached hydrogens (tertiary/aromatic N) is 1. The zero-order valence-corrected chi connectivity index (χ0v) is 14.0. The molecular weight excluding hydrogens is 307 g/mol. The van der Waals surface area contributed by atoms with E-state index in [1.807, 2.05) is 11.8 Å². The number of hydrogen-bond acceptors (Lipinski definition) is 3. The molecule has 2 N–H and O–H groups in total. The average molecular weight is 332 g/mol. The van der Waals surface area contributed by atoms with Gasteiger partial charge in [0.05, 0.1) is 18.6 Å². The lowest BCUT2D eigenvalue weighted by atomic mass is 9.83. The van der Waals surface area contributed by atoms with Crippen LogP contribution in [0.5, 0.6) is 0 Å². The molecule has 0 aromatic heterocycles. The van der Waals surface area contributed by atoms with E-state index in [2.05, 4.69) is 0 Å². The minimum Gasteiger partial charge on any atom is -0.367 e. The lowest BCUT2D eigenvalue weighted by Gasteiger charge is -2.40. The molecule has 4 rings (SSSR count). The van der Waals surface area contributed by atoms with Gasteiger partial charge in [0.1, 0.15) is 11.9 Å². The van der Waals surface area contributed by atoms with Crippen molar-refractivity contribution in [3.63, 3.8) is 0 Å². The summed E-state index contributed by atoms with van der Waals surface area (Å²) in [6.07, 6.45) is 3.18. The van der Waals surface area contributed by atoms with E-state index >= 15 is 0 Å². The molecule has 0 spiro atoms. The van der Waals surface area contributed by atoms with Crippen LogP contribution in [0, 0.1) is 23.6 Å². The standard InChI is InChI=1S/C19H25FN2O2/c1-11-9-22(10-16(24-11)12-4-6-15(20)7-5-12)19(23)17-13-2-3-14(8-13)18(17)21/h4-7,11,13-14,16-18H,2-3,8-10,21H2,1H3. The van der Waals surface area contributed by atoms with E-state index in [1.54, 1.807) is 12.1 Å². The molecule has 2 bridgehead atoms. The van der Waals surface area contributed by atoms with Gasteiger partial charge in [0.15, 0.2) is 0 Å². The summed E-state index contributed by atoms with van der Waals surface area (Å²) in [4.78, 5) is 15.0. The number of carbonyl (C=O) groups is 1. The lowest BCUT2D eigenvalue weighted by molar-refractivity contribution is -0.151. The van der Waals surface area contributed by atoms with Gasteiger partial charge in [-0.25, -0.2) is 4.39 Å². The summed E-state index contributed by atoms with van der Waals surface area (Å²) in [6, 6.07) is 6.37. The van der Waals surface area contributed by atoms with Crippen LogP contribution in [0.1, 0.15) is 37.9 Å². The molecule has 1 aliphatic heterocycles. The van der Waals surface area contributed by atoms with E-state index in [4.69, 9.17) is 10.5 Å². The smallest absolute Gasteiger partial charge is 0.227 e. The first-order valence-corrected chi connectivity index (χ1v) is 8.98. The topological polar surface area (TPSA) is 55.6 Å². The van der Waals surface area contributed by atoms with Gasteiger partial charge in [-0.1, -0.05) is 12.1 Å². The number of fused-ring (bicyclic) bond motifs is 2. The molecule has 5 heteroatoms. The van der Waals surface area contributed by atoms with Crippen molar-refractivity contribution >= 4 is 5.91 Å². The number of carbonyl (C=O) groups excluding carboxylic acids is 1. The molecule has 4 nitrogen and oxygen atoms in total. The molecule has 1 amide bonds. The highest BCUT2D eigenvalue weighted by molar-refractivity contribution is 5.80. The van der Waals surface area contributed by atoms with Crippen LogP contribution >= 0.6 is 0 Å². The van der Waals surface area contributed by atoms with Gasteiger partial charge in [-0.15, -0.1) is 0 Å². The molecule has 1 saturated heterocycles. The number of amides is 1. The van der Waals surface area contributed by atoms with Gasteiger partial charge in [-0.2, -0.15) is 0 Å². The molecule has 2 saturated carbocycles. The van der Waals surface area contributed by atoms with Crippen molar-refractivity contribution in [2.24, 2.45) is 23.5 Å². The van der Waals surface area contributed by atoms with Crippen LogP contribution in [-0.2, 0) is 9.53 Å². The van der Waals surface area contributed by atoms with Crippen molar-refractivity contribution in [2.75, 3.05) is 13.1 Å². The number of hydrogen-bond donors (Lipinski definition) is 1. The molecule has 6 unspecified atom stereocenters. The summed E-state index contributed by atoms with van der Waals surface area (Å²) in [6.45, 7) is 3.11. The molecule has 3 fully saturated rings. The predicted molar refractivity (Wildman–Crippen MR) is 88.6 cm³/mol. The molecule has 1 aromatic rings. The maximum atomic E-state index is 13.1. The number of ether oxygens (including phenoxy) is 1. The summed E-state index contributed by atoms with van der Waals surface area (Å²) in [5.74, 6) is 0.888. The molecule has 3 aliphatic rings. The maximum Gasteiger partial charge on any atom is 0.227 e. The van der Waals surface area contributed by atoms with Gasteiger partial charge >= 0.3 is 0 Å². The Bertz CT molecular complexity index is 618. The third-order valence-corrected chi connectivity index (χ3v) is 6.08. The van der Waals surface area contributed by atoms with Gasteiger partial charge in [0.2, 0.25) is 5.91 Å². The van der Waals surface area contributed by atoms with Crippen molar-refractivity contribution in [1.29, 1.82) is 0 Å². The number of rotatable bonds is 2. The highest BCUT2D eigenvalue weighted by Crippen LogP contribution is 2.48. The number of nitrogens with two attached hydrogens (primary N) is 1. The quantitative estimate of drug-likeness (QED) is 0.905. The lowest BCUT2D eigenvalue weighted by Crippen LogP contribution is -2.52. The summed E-state index contributed by atoms with van der Waals surface area (Å²) >= 11 is 0. The Balaban J connectivity index is 1.50. The van der Waals surface area contributed by atoms with Gasteiger partial charge in [0, 0.05) is 12.6 Å². The van der Waals surface area contributed by atoms with Crippen LogP contribution in [0.3, 0.4) is 0 Å². The third-order valence-electron chi connectivity index (χ3n) is 6.08. The summed E-state index contributed by atoms with van der Waals surface area (Å²) in [5.41, 5.74) is 7.26. The van der Waals surface area contributed by atoms with Crippen molar-refractivity contribution in [3.05, 3.63) is 35.6 Å². The SMILES string of the molecule is CC1CN(C(=O)C2C3CCC(C3)C2N)CC(c2ccc(F)cc2)O1. The Morgan fingerprint density at radius 1 is 1.21 bits per heavy atom. The molecule has 0 radical (unpaired) electrons. The van der Waals surface area contributed by atoms with Crippen LogP contribution in [-0.4, -0.2) is 36.0 Å². The first kappa shape index (κ1) is 16.0. The first-order chi connectivity index (χ1) is 11.5. The number of halogens is 1. The third kappa shape index (κ3) is 2.74. The minimum absolute atomic E-state index is 0.0127. The number of benzene rings is 1.